The molecule has 1 fully saturated rings. The molecule has 0 spiro atoms. The van der Waals surface area contributed by atoms with Crippen molar-refractivity contribution in [2.24, 2.45) is 5.92 Å². The van der Waals surface area contributed by atoms with Crippen molar-refractivity contribution in [2.45, 2.75) is 38.5 Å². The van der Waals surface area contributed by atoms with Gasteiger partial charge in [-0.25, -0.2) is 0 Å². The Morgan fingerprint density at radius 2 is 2.00 bits per heavy atom. The van der Waals surface area contributed by atoms with Gasteiger partial charge in [0.25, 0.3) is 0 Å². The van der Waals surface area contributed by atoms with E-state index in [1.54, 1.807) is 35.6 Å². The highest BCUT2D eigenvalue weighted by Crippen LogP contribution is 2.42. The number of fused-ring (bicyclic) bond motifs is 1. The van der Waals surface area contributed by atoms with Gasteiger partial charge in [0.15, 0.2) is 0 Å². The first-order valence-electron chi connectivity index (χ1n) is 11.6. The SMILES string of the molecule is CC1(C)CN(C(=O)[C@H]2CC(=O)N(c3cccc(Cl)c3)C2)c2ccc(CCc3cnccn3)cc21. The van der Waals surface area contributed by atoms with Gasteiger partial charge < -0.3 is 9.80 Å². The topological polar surface area (TPSA) is 66.4 Å². The number of benzene rings is 2. The van der Waals surface area contributed by atoms with Crippen molar-refractivity contribution in [3.63, 3.8) is 0 Å². The summed E-state index contributed by atoms with van der Waals surface area (Å²) in [4.78, 5) is 38.4. The highest BCUT2D eigenvalue weighted by atomic mass is 35.5. The van der Waals surface area contributed by atoms with Gasteiger partial charge in [-0.3, -0.25) is 19.6 Å². The molecule has 0 unspecified atom stereocenters. The Hall–Kier alpha value is -3.25. The Kier molecular flexibility index (Phi) is 5.86. The smallest absolute Gasteiger partial charge is 0.232 e. The largest absolute Gasteiger partial charge is 0.312 e. The average Bonchev–Trinajstić information content (AvgIpc) is 3.35. The Labute approximate surface area is 204 Å². The molecule has 3 aromatic rings. The van der Waals surface area contributed by atoms with Crippen LogP contribution >= 0.6 is 11.6 Å². The maximum absolute atomic E-state index is 13.6. The Balaban J connectivity index is 1.33. The summed E-state index contributed by atoms with van der Waals surface area (Å²) < 4.78 is 0. The van der Waals surface area contributed by atoms with Crippen molar-refractivity contribution >= 4 is 34.8 Å². The van der Waals surface area contributed by atoms with Gasteiger partial charge in [-0.15, -0.1) is 0 Å². The normalized spacial score (nSPS) is 18.9. The molecule has 34 heavy (non-hydrogen) atoms. The van der Waals surface area contributed by atoms with Crippen molar-refractivity contribution in [3.05, 3.63) is 82.9 Å². The van der Waals surface area contributed by atoms with E-state index in [1.165, 1.54) is 11.1 Å². The van der Waals surface area contributed by atoms with Gasteiger partial charge in [-0.05, 0) is 48.2 Å². The van der Waals surface area contributed by atoms with Gasteiger partial charge >= 0.3 is 0 Å². The molecular formula is C27H27ClN4O2. The van der Waals surface area contributed by atoms with E-state index in [1.807, 2.05) is 17.0 Å². The first-order chi connectivity index (χ1) is 16.3. The predicted molar refractivity (Wildman–Crippen MR) is 133 cm³/mol. The number of aromatic nitrogens is 2. The van der Waals surface area contributed by atoms with E-state index in [9.17, 15) is 9.59 Å². The van der Waals surface area contributed by atoms with E-state index in [2.05, 4.69) is 42.0 Å². The molecule has 2 amide bonds. The Morgan fingerprint density at radius 1 is 1.15 bits per heavy atom. The summed E-state index contributed by atoms with van der Waals surface area (Å²) >= 11 is 6.11. The van der Waals surface area contributed by atoms with E-state index in [-0.39, 0.29) is 29.6 Å². The molecule has 1 atom stereocenters. The van der Waals surface area contributed by atoms with Crippen LogP contribution in [0.4, 0.5) is 11.4 Å². The molecule has 7 heteroatoms. The molecular weight excluding hydrogens is 448 g/mol. The lowest BCUT2D eigenvalue weighted by Gasteiger charge is -2.23. The highest BCUT2D eigenvalue weighted by Gasteiger charge is 2.43. The van der Waals surface area contributed by atoms with Gasteiger partial charge in [0.05, 0.1) is 11.6 Å². The van der Waals surface area contributed by atoms with Crippen molar-refractivity contribution in [1.29, 1.82) is 0 Å². The summed E-state index contributed by atoms with van der Waals surface area (Å²) in [6.07, 6.45) is 7.09. The number of carbonyl (C=O) groups excluding carboxylic acids is 2. The van der Waals surface area contributed by atoms with Gasteiger partial charge in [0, 0.05) is 59.9 Å². The zero-order valence-corrected chi connectivity index (χ0v) is 20.1. The highest BCUT2D eigenvalue weighted by molar-refractivity contribution is 6.31. The molecule has 174 valence electrons. The molecule has 2 aliphatic rings. The molecule has 2 aromatic carbocycles. The lowest BCUT2D eigenvalue weighted by atomic mass is 9.85. The molecule has 1 aromatic heterocycles. The number of amides is 2. The fourth-order valence-electron chi connectivity index (χ4n) is 5.00. The molecule has 0 bridgehead atoms. The lowest BCUT2D eigenvalue weighted by Crippen LogP contribution is -2.39. The molecule has 0 saturated carbocycles. The third kappa shape index (κ3) is 4.30. The maximum atomic E-state index is 13.6. The van der Waals surface area contributed by atoms with Crippen molar-refractivity contribution in [3.8, 4) is 0 Å². The first kappa shape index (κ1) is 22.5. The summed E-state index contributed by atoms with van der Waals surface area (Å²) in [6, 6.07) is 13.6. The minimum atomic E-state index is -0.371. The second kappa shape index (κ2) is 8.84. The van der Waals surface area contributed by atoms with Crippen molar-refractivity contribution in [1.82, 2.24) is 9.97 Å². The number of carbonyl (C=O) groups is 2. The van der Waals surface area contributed by atoms with E-state index < -0.39 is 0 Å². The number of anilines is 2. The van der Waals surface area contributed by atoms with Crippen LogP contribution in [0.2, 0.25) is 5.02 Å². The molecule has 1 saturated heterocycles. The maximum Gasteiger partial charge on any atom is 0.232 e. The predicted octanol–water partition coefficient (Wildman–Crippen LogP) is 4.59. The number of aryl methyl sites for hydroxylation is 2. The van der Waals surface area contributed by atoms with Crippen LogP contribution in [0, 0.1) is 5.92 Å². The summed E-state index contributed by atoms with van der Waals surface area (Å²) in [6.45, 7) is 5.32. The summed E-state index contributed by atoms with van der Waals surface area (Å²) in [7, 11) is 0. The van der Waals surface area contributed by atoms with E-state index in [4.69, 9.17) is 11.6 Å². The number of hydrogen-bond acceptors (Lipinski definition) is 4. The Bertz CT molecular complexity index is 1240. The zero-order valence-electron chi connectivity index (χ0n) is 19.4. The monoisotopic (exact) mass is 474 g/mol. The summed E-state index contributed by atoms with van der Waals surface area (Å²) in [5.41, 5.74) is 4.88. The third-order valence-corrected chi connectivity index (χ3v) is 7.02. The second-order valence-corrected chi connectivity index (χ2v) is 10.2. The van der Waals surface area contributed by atoms with Crippen LogP contribution in [-0.4, -0.2) is 34.9 Å². The molecule has 2 aliphatic heterocycles. The van der Waals surface area contributed by atoms with Crippen LogP contribution in [0.1, 0.15) is 37.1 Å². The van der Waals surface area contributed by atoms with Crippen LogP contribution in [0.5, 0.6) is 0 Å². The average molecular weight is 475 g/mol. The number of nitrogens with zero attached hydrogens (tertiary/aromatic N) is 4. The van der Waals surface area contributed by atoms with E-state index in [0.717, 1.165) is 29.9 Å². The van der Waals surface area contributed by atoms with Gasteiger partial charge in [-0.2, -0.15) is 0 Å². The van der Waals surface area contributed by atoms with Gasteiger partial charge in [-0.1, -0.05) is 43.6 Å². The third-order valence-electron chi connectivity index (χ3n) is 6.78. The number of halogens is 1. The van der Waals surface area contributed by atoms with Crippen LogP contribution in [0.25, 0.3) is 0 Å². The first-order valence-corrected chi connectivity index (χ1v) is 12.0. The van der Waals surface area contributed by atoms with E-state index >= 15 is 0 Å². The molecule has 3 heterocycles. The minimum absolute atomic E-state index is 0.0111. The molecule has 5 rings (SSSR count). The molecule has 0 aliphatic carbocycles. The fourth-order valence-corrected chi connectivity index (χ4v) is 5.18. The van der Waals surface area contributed by atoms with Crippen molar-refractivity contribution in [2.75, 3.05) is 22.9 Å². The number of rotatable bonds is 5. The van der Waals surface area contributed by atoms with E-state index in [0.29, 0.717) is 18.1 Å². The minimum Gasteiger partial charge on any atom is -0.312 e. The number of hydrogen-bond donors (Lipinski definition) is 0. The van der Waals surface area contributed by atoms with Crippen LogP contribution < -0.4 is 9.80 Å². The van der Waals surface area contributed by atoms with Crippen LogP contribution in [0.15, 0.2) is 61.1 Å². The van der Waals surface area contributed by atoms with Gasteiger partial charge in [0.2, 0.25) is 11.8 Å². The Morgan fingerprint density at radius 3 is 2.76 bits per heavy atom. The quantitative estimate of drug-likeness (QED) is 0.542. The van der Waals surface area contributed by atoms with Crippen LogP contribution in [-0.2, 0) is 27.8 Å². The summed E-state index contributed by atoms with van der Waals surface area (Å²) in [5.74, 6) is -0.403. The molecule has 0 radical (unpaired) electrons. The van der Waals surface area contributed by atoms with Crippen LogP contribution in [0.3, 0.4) is 0 Å². The second-order valence-electron chi connectivity index (χ2n) is 9.74. The van der Waals surface area contributed by atoms with Crippen molar-refractivity contribution < 1.29 is 9.59 Å². The molecule has 6 nitrogen and oxygen atoms in total. The zero-order chi connectivity index (χ0) is 23.9. The standard InChI is InChI=1S/C27H27ClN4O2/c1-27(2)17-32(24-9-7-18(12-23(24)27)6-8-21-15-29-10-11-30-21)26(34)19-13-25(33)31(16-19)22-5-3-4-20(28)14-22/h3-5,7,9-12,14-15,19H,6,8,13,16-17H2,1-2H3/t19-/m0/s1. The lowest BCUT2D eigenvalue weighted by molar-refractivity contribution is -0.124. The van der Waals surface area contributed by atoms with Gasteiger partial charge in [0.1, 0.15) is 0 Å². The summed E-state index contributed by atoms with van der Waals surface area (Å²) in [5, 5.41) is 0.574. The fraction of sp³-hybridized carbons (Fsp3) is 0.333. The molecule has 0 N–H and O–H groups in total.